The zero-order valence-corrected chi connectivity index (χ0v) is 9.12. The number of alkyl halides is 1. The maximum Gasteiger partial charge on any atom is 0.267 e. The highest BCUT2D eigenvalue weighted by molar-refractivity contribution is 7.85. The van der Waals surface area contributed by atoms with E-state index < -0.39 is 16.5 Å². The van der Waals surface area contributed by atoms with Crippen molar-refractivity contribution < 1.29 is 21.7 Å². The molecule has 1 aromatic rings. The molecule has 0 aliphatic carbocycles. The number of hydrogen-bond acceptors (Lipinski definition) is 4. The van der Waals surface area contributed by atoms with Crippen LogP contribution in [0.5, 0.6) is 5.75 Å². The van der Waals surface area contributed by atoms with Crippen LogP contribution in [0.25, 0.3) is 0 Å². The number of methoxy groups -OCH3 is 1. The zero-order chi connectivity index (χ0) is 11.5. The largest absolute Gasteiger partial charge is 0.497 e. The molecule has 0 radical (unpaired) electrons. The third kappa shape index (κ3) is 3.85. The molecule has 0 aliphatic rings. The molecule has 0 bridgehead atoms. The summed E-state index contributed by atoms with van der Waals surface area (Å²) >= 11 is 0. The Hall–Kier alpha value is -1.14. The Labute approximate surface area is 87.8 Å². The van der Waals surface area contributed by atoms with Crippen molar-refractivity contribution in [1.29, 1.82) is 0 Å². The quantitative estimate of drug-likeness (QED) is 0.743. The molecule has 0 heterocycles. The smallest absolute Gasteiger partial charge is 0.267 e. The Morgan fingerprint density at radius 1 is 1.40 bits per heavy atom. The van der Waals surface area contributed by atoms with Crippen LogP contribution in [0.2, 0.25) is 0 Å². The van der Waals surface area contributed by atoms with Gasteiger partial charge in [0.1, 0.15) is 5.75 Å². The molecule has 0 saturated heterocycles. The summed E-state index contributed by atoms with van der Waals surface area (Å²) in [5.74, 6) is 0.437. The van der Waals surface area contributed by atoms with Gasteiger partial charge in [0, 0.05) is 5.56 Å². The van der Waals surface area contributed by atoms with Crippen molar-refractivity contribution in [3.63, 3.8) is 0 Å². The van der Waals surface area contributed by atoms with Crippen molar-refractivity contribution in [2.24, 2.45) is 0 Å². The van der Waals surface area contributed by atoms with Gasteiger partial charge in [0.25, 0.3) is 10.1 Å². The van der Waals surface area contributed by atoms with E-state index in [1.807, 2.05) is 0 Å². The molecule has 6 heteroatoms. The van der Waals surface area contributed by atoms with E-state index in [0.29, 0.717) is 5.75 Å². The molecular weight excluding hydrogens is 223 g/mol. The Balaban J connectivity index is 2.86. The van der Waals surface area contributed by atoms with Crippen LogP contribution in [0.3, 0.4) is 0 Å². The van der Waals surface area contributed by atoms with E-state index in [9.17, 15) is 12.8 Å². The van der Waals surface area contributed by atoms with Gasteiger partial charge in [0.15, 0.2) is 0 Å². The average Bonchev–Trinajstić information content (AvgIpc) is 2.15. The van der Waals surface area contributed by atoms with Crippen LogP contribution in [-0.2, 0) is 14.3 Å². The molecule has 1 atom stereocenters. The molecule has 0 saturated carbocycles. The Kier molecular flexibility index (Phi) is 3.65. The van der Waals surface area contributed by atoms with E-state index in [-0.39, 0.29) is 5.56 Å². The minimum atomic E-state index is -3.81. The lowest BCUT2D eigenvalue weighted by Gasteiger charge is -2.08. The first kappa shape index (κ1) is 11.9. The zero-order valence-electron chi connectivity index (χ0n) is 8.31. The van der Waals surface area contributed by atoms with Crippen molar-refractivity contribution in [2.75, 3.05) is 13.4 Å². The highest BCUT2D eigenvalue weighted by Crippen LogP contribution is 2.24. The highest BCUT2D eigenvalue weighted by Gasteiger charge is 2.16. The molecule has 0 fully saturated rings. The molecule has 1 aromatic carbocycles. The second kappa shape index (κ2) is 4.59. The molecule has 0 N–H and O–H groups in total. The maximum atomic E-state index is 13.3. The second-order valence-electron chi connectivity index (χ2n) is 2.89. The number of ether oxygens (including phenoxy) is 1. The molecule has 4 nitrogen and oxygen atoms in total. The van der Waals surface area contributed by atoms with Crippen LogP contribution in [0, 0.1) is 0 Å². The SMILES string of the molecule is COc1cccc(C(F)OS(C)(=O)=O)c1. The highest BCUT2D eigenvalue weighted by atomic mass is 32.2. The van der Waals surface area contributed by atoms with Crippen LogP contribution in [-0.4, -0.2) is 21.8 Å². The van der Waals surface area contributed by atoms with Crippen molar-refractivity contribution in [2.45, 2.75) is 6.36 Å². The van der Waals surface area contributed by atoms with Crippen LogP contribution >= 0.6 is 0 Å². The normalized spacial score (nSPS) is 13.5. The molecular formula is C9H11FO4S. The van der Waals surface area contributed by atoms with E-state index in [0.717, 1.165) is 6.26 Å². The summed E-state index contributed by atoms with van der Waals surface area (Å²) in [6, 6.07) is 5.96. The molecule has 15 heavy (non-hydrogen) atoms. The summed E-state index contributed by atoms with van der Waals surface area (Å²) in [7, 11) is -2.37. The minimum Gasteiger partial charge on any atom is -0.497 e. The fourth-order valence-electron chi connectivity index (χ4n) is 0.992. The number of benzene rings is 1. The first-order valence-corrected chi connectivity index (χ1v) is 5.90. The molecule has 84 valence electrons. The van der Waals surface area contributed by atoms with Gasteiger partial charge in [-0.3, -0.25) is 0 Å². The Morgan fingerprint density at radius 2 is 2.07 bits per heavy atom. The lowest BCUT2D eigenvalue weighted by molar-refractivity contribution is 0.0754. The van der Waals surface area contributed by atoms with E-state index >= 15 is 0 Å². The first-order chi connectivity index (χ1) is 6.92. The summed E-state index contributed by atoms with van der Waals surface area (Å²) < 4.78 is 43.7. The van der Waals surface area contributed by atoms with Crippen molar-refractivity contribution in [3.8, 4) is 5.75 Å². The van der Waals surface area contributed by atoms with E-state index in [2.05, 4.69) is 4.18 Å². The van der Waals surface area contributed by atoms with Gasteiger partial charge >= 0.3 is 0 Å². The molecule has 1 rings (SSSR count). The van der Waals surface area contributed by atoms with Crippen LogP contribution in [0.4, 0.5) is 4.39 Å². The van der Waals surface area contributed by atoms with Gasteiger partial charge in [-0.2, -0.15) is 8.42 Å². The summed E-state index contributed by atoms with van der Waals surface area (Å²) in [5, 5.41) is 0. The fourth-order valence-corrected chi connectivity index (χ4v) is 1.41. The van der Waals surface area contributed by atoms with Crippen LogP contribution in [0.15, 0.2) is 24.3 Å². The van der Waals surface area contributed by atoms with Crippen LogP contribution < -0.4 is 4.74 Å². The molecule has 0 amide bonds. The lowest BCUT2D eigenvalue weighted by Crippen LogP contribution is -2.06. The molecule has 1 unspecified atom stereocenters. The van der Waals surface area contributed by atoms with Crippen molar-refractivity contribution in [3.05, 3.63) is 29.8 Å². The molecule has 0 spiro atoms. The second-order valence-corrected chi connectivity index (χ2v) is 4.49. The minimum absolute atomic E-state index is 0.0970. The Bertz CT molecular complexity index is 429. The maximum absolute atomic E-state index is 13.3. The number of rotatable bonds is 4. The summed E-state index contributed by atoms with van der Waals surface area (Å²) in [4.78, 5) is 0. The summed E-state index contributed by atoms with van der Waals surface area (Å²) in [6.45, 7) is 0. The predicted molar refractivity (Wildman–Crippen MR) is 52.8 cm³/mol. The standard InChI is InChI=1S/C9H11FO4S/c1-13-8-5-3-4-7(6-8)9(10)14-15(2,11)12/h3-6,9H,1-2H3. The number of hydrogen-bond donors (Lipinski definition) is 0. The fraction of sp³-hybridized carbons (Fsp3) is 0.333. The van der Waals surface area contributed by atoms with E-state index in [1.54, 1.807) is 12.1 Å². The third-order valence-electron chi connectivity index (χ3n) is 1.62. The van der Waals surface area contributed by atoms with Gasteiger partial charge in [-0.25, -0.2) is 8.57 Å². The van der Waals surface area contributed by atoms with Crippen LogP contribution in [0.1, 0.15) is 11.9 Å². The van der Waals surface area contributed by atoms with Gasteiger partial charge in [-0.15, -0.1) is 0 Å². The number of halogens is 1. The summed E-state index contributed by atoms with van der Waals surface area (Å²) in [6.07, 6.45) is -1.21. The first-order valence-electron chi connectivity index (χ1n) is 4.08. The van der Waals surface area contributed by atoms with Gasteiger partial charge < -0.3 is 4.74 Å². The van der Waals surface area contributed by atoms with Gasteiger partial charge in [-0.05, 0) is 12.1 Å². The van der Waals surface area contributed by atoms with Crippen molar-refractivity contribution in [1.82, 2.24) is 0 Å². The average molecular weight is 234 g/mol. The molecule has 0 aliphatic heterocycles. The molecule has 0 aromatic heterocycles. The van der Waals surface area contributed by atoms with Gasteiger partial charge in [0.05, 0.1) is 13.4 Å². The Morgan fingerprint density at radius 3 is 2.60 bits per heavy atom. The topological polar surface area (TPSA) is 52.6 Å². The van der Waals surface area contributed by atoms with Gasteiger partial charge in [0.2, 0.25) is 6.36 Å². The van der Waals surface area contributed by atoms with E-state index in [4.69, 9.17) is 4.74 Å². The van der Waals surface area contributed by atoms with Crippen molar-refractivity contribution >= 4 is 10.1 Å². The van der Waals surface area contributed by atoms with E-state index in [1.165, 1.54) is 19.2 Å². The summed E-state index contributed by atoms with van der Waals surface area (Å²) in [5.41, 5.74) is 0.0970. The third-order valence-corrected chi connectivity index (χ3v) is 2.13. The monoisotopic (exact) mass is 234 g/mol. The lowest BCUT2D eigenvalue weighted by atomic mass is 10.2. The van der Waals surface area contributed by atoms with Gasteiger partial charge in [-0.1, -0.05) is 12.1 Å². The predicted octanol–water partition coefficient (Wildman–Crippen LogP) is 1.64.